The van der Waals surface area contributed by atoms with Crippen LogP contribution in [0, 0.1) is 5.92 Å². The minimum atomic E-state index is 0.0645. The van der Waals surface area contributed by atoms with Crippen molar-refractivity contribution in [1.82, 2.24) is 15.1 Å². The van der Waals surface area contributed by atoms with Gasteiger partial charge in [-0.1, -0.05) is 12.8 Å². The molecule has 2 aliphatic rings. The summed E-state index contributed by atoms with van der Waals surface area (Å²) in [7, 11) is 1.91. The van der Waals surface area contributed by atoms with Crippen LogP contribution in [0.4, 0.5) is 4.79 Å². The van der Waals surface area contributed by atoms with Crippen molar-refractivity contribution in [3.8, 4) is 0 Å². The summed E-state index contributed by atoms with van der Waals surface area (Å²) in [5.41, 5.74) is 0. The van der Waals surface area contributed by atoms with E-state index in [1.165, 1.54) is 25.7 Å². The molecule has 1 saturated heterocycles. The first-order chi connectivity index (χ1) is 10.1. The standard InChI is InChI=1S/C16H31N3O2/c1-13(19-8-9-21-12-14(19)2)10-17-16(20)18(3)11-15-6-4-5-7-15/h13-15H,4-12H2,1-3H3,(H,17,20)/t13-,14-/m1/s1. The second-order valence-electron chi connectivity index (χ2n) is 6.73. The van der Waals surface area contributed by atoms with Gasteiger partial charge in [-0.05, 0) is 32.6 Å². The summed E-state index contributed by atoms with van der Waals surface area (Å²) in [5, 5.41) is 3.08. The Balaban J connectivity index is 1.69. The van der Waals surface area contributed by atoms with Crippen molar-refractivity contribution in [2.75, 3.05) is 39.9 Å². The molecule has 1 N–H and O–H groups in total. The Morgan fingerprint density at radius 3 is 2.81 bits per heavy atom. The van der Waals surface area contributed by atoms with Crippen LogP contribution >= 0.6 is 0 Å². The van der Waals surface area contributed by atoms with Gasteiger partial charge < -0.3 is 15.0 Å². The number of amides is 2. The van der Waals surface area contributed by atoms with E-state index < -0.39 is 0 Å². The molecular formula is C16H31N3O2. The molecule has 2 atom stereocenters. The Bertz CT molecular complexity index is 331. The molecule has 2 fully saturated rings. The Hall–Kier alpha value is -0.810. The maximum Gasteiger partial charge on any atom is 0.317 e. The van der Waals surface area contributed by atoms with Gasteiger partial charge in [-0.25, -0.2) is 4.79 Å². The van der Waals surface area contributed by atoms with E-state index in [0.717, 1.165) is 26.3 Å². The van der Waals surface area contributed by atoms with Crippen LogP contribution in [-0.2, 0) is 4.74 Å². The van der Waals surface area contributed by atoms with Crippen molar-refractivity contribution in [3.63, 3.8) is 0 Å². The van der Waals surface area contributed by atoms with Crippen molar-refractivity contribution < 1.29 is 9.53 Å². The maximum absolute atomic E-state index is 12.2. The zero-order valence-electron chi connectivity index (χ0n) is 13.8. The van der Waals surface area contributed by atoms with Crippen molar-refractivity contribution in [1.29, 1.82) is 0 Å². The summed E-state index contributed by atoms with van der Waals surface area (Å²) in [4.78, 5) is 16.4. The minimum absolute atomic E-state index is 0.0645. The van der Waals surface area contributed by atoms with Crippen molar-refractivity contribution in [3.05, 3.63) is 0 Å². The van der Waals surface area contributed by atoms with Gasteiger partial charge in [0.1, 0.15) is 0 Å². The number of carbonyl (C=O) groups excluding carboxylic acids is 1. The highest BCUT2D eigenvalue weighted by Gasteiger charge is 2.24. The number of nitrogens with zero attached hydrogens (tertiary/aromatic N) is 2. The summed E-state index contributed by atoms with van der Waals surface area (Å²) in [6, 6.07) is 0.851. The average Bonchev–Trinajstić information content (AvgIpc) is 2.97. The number of morpholine rings is 1. The molecule has 0 radical (unpaired) electrons. The highest BCUT2D eigenvalue weighted by Crippen LogP contribution is 2.25. The fourth-order valence-electron chi connectivity index (χ4n) is 3.55. The predicted octanol–water partition coefficient (Wildman–Crippen LogP) is 1.93. The average molecular weight is 297 g/mol. The Morgan fingerprint density at radius 1 is 1.43 bits per heavy atom. The van der Waals surface area contributed by atoms with Crippen LogP contribution in [0.5, 0.6) is 0 Å². The van der Waals surface area contributed by atoms with Gasteiger partial charge in [0, 0.05) is 38.8 Å². The number of hydrogen-bond donors (Lipinski definition) is 1. The van der Waals surface area contributed by atoms with E-state index in [1.54, 1.807) is 0 Å². The molecule has 5 nitrogen and oxygen atoms in total. The molecule has 21 heavy (non-hydrogen) atoms. The van der Waals surface area contributed by atoms with Crippen LogP contribution in [0.1, 0.15) is 39.5 Å². The van der Waals surface area contributed by atoms with E-state index in [9.17, 15) is 4.79 Å². The Kier molecular flexibility index (Phi) is 6.30. The number of hydrogen-bond acceptors (Lipinski definition) is 3. The monoisotopic (exact) mass is 297 g/mol. The van der Waals surface area contributed by atoms with E-state index in [-0.39, 0.29) is 6.03 Å². The van der Waals surface area contributed by atoms with Gasteiger partial charge in [0.2, 0.25) is 0 Å². The largest absolute Gasteiger partial charge is 0.379 e. The van der Waals surface area contributed by atoms with Gasteiger partial charge in [0.25, 0.3) is 0 Å². The van der Waals surface area contributed by atoms with Gasteiger partial charge >= 0.3 is 6.03 Å². The molecule has 0 unspecified atom stereocenters. The molecule has 5 heteroatoms. The molecule has 0 aromatic heterocycles. The molecule has 1 saturated carbocycles. The van der Waals surface area contributed by atoms with E-state index in [4.69, 9.17) is 4.74 Å². The molecule has 0 aromatic carbocycles. The highest BCUT2D eigenvalue weighted by atomic mass is 16.5. The summed E-state index contributed by atoms with van der Waals surface area (Å²) in [6.07, 6.45) is 5.21. The van der Waals surface area contributed by atoms with Crippen molar-refractivity contribution >= 4 is 6.03 Å². The lowest BCUT2D eigenvalue weighted by Gasteiger charge is -2.38. The smallest absolute Gasteiger partial charge is 0.317 e. The molecule has 1 aliphatic heterocycles. The first-order valence-electron chi connectivity index (χ1n) is 8.40. The topological polar surface area (TPSA) is 44.8 Å². The van der Waals surface area contributed by atoms with Crippen LogP contribution in [0.3, 0.4) is 0 Å². The molecule has 0 bridgehead atoms. The van der Waals surface area contributed by atoms with E-state index in [0.29, 0.717) is 24.5 Å². The third-order valence-corrected chi connectivity index (χ3v) is 4.89. The summed E-state index contributed by atoms with van der Waals surface area (Å²) in [6.45, 7) is 8.51. The molecule has 2 rings (SSSR count). The number of nitrogens with one attached hydrogen (secondary N) is 1. The molecular weight excluding hydrogens is 266 g/mol. The van der Waals surface area contributed by atoms with E-state index in [2.05, 4.69) is 24.1 Å². The van der Waals surface area contributed by atoms with E-state index >= 15 is 0 Å². The zero-order valence-corrected chi connectivity index (χ0v) is 13.8. The van der Waals surface area contributed by atoms with Crippen LogP contribution < -0.4 is 5.32 Å². The summed E-state index contributed by atoms with van der Waals surface area (Å²) < 4.78 is 5.46. The first-order valence-corrected chi connectivity index (χ1v) is 8.40. The molecule has 2 amide bonds. The molecule has 122 valence electrons. The molecule has 1 aliphatic carbocycles. The van der Waals surface area contributed by atoms with Gasteiger partial charge in [-0.15, -0.1) is 0 Å². The highest BCUT2D eigenvalue weighted by molar-refractivity contribution is 5.73. The Labute approximate surface area is 129 Å². The number of ether oxygens (including phenoxy) is 1. The second-order valence-corrected chi connectivity index (χ2v) is 6.73. The molecule has 0 spiro atoms. The van der Waals surface area contributed by atoms with Gasteiger partial charge in [0.15, 0.2) is 0 Å². The summed E-state index contributed by atoms with van der Waals surface area (Å²) in [5.74, 6) is 0.706. The summed E-state index contributed by atoms with van der Waals surface area (Å²) >= 11 is 0. The fourth-order valence-corrected chi connectivity index (χ4v) is 3.55. The second kappa shape index (κ2) is 7.99. The van der Waals surface area contributed by atoms with Gasteiger partial charge in [0.05, 0.1) is 13.2 Å². The molecule has 0 aromatic rings. The third-order valence-electron chi connectivity index (χ3n) is 4.89. The Morgan fingerprint density at radius 2 is 2.14 bits per heavy atom. The quantitative estimate of drug-likeness (QED) is 0.843. The van der Waals surface area contributed by atoms with E-state index in [1.807, 2.05) is 11.9 Å². The maximum atomic E-state index is 12.2. The van der Waals surface area contributed by atoms with Crippen LogP contribution in [0.15, 0.2) is 0 Å². The SMILES string of the molecule is C[C@H](CNC(=O)N(C)CC1CCCC1)N1CCOC[C@H]1C. The first kappa shape index (κ1) is 16.6. The van der Waals surface area contributed by atoms with Gasteiger partial charge in [-0.2, -0.15) is 0 Å². The zero-order chi connectivity index (χ0) is 15.2. The fraction of sp³-hybridized carbons (Fsp3) is 0.938. The van der Waals surface area contributed by atoms with Gasteiger partial charge in [-0.3, -0.25) is 4.90 Å². The lowest BCUT2D eigenvalue weighted by Crippen LogP contribution is -2.53. The van der Waals surface area contributed by atoms with Crippen molar-refractivity contribution in [2.45, 2.75) is 51.6 Å². The number of rotatable bonds is 5. The minimum Gasteiger partial charge on any atom is -0.379 e. The normalized spacial score (nSPS) is 25.8. The predicted molar refractivity (Wildman–Crippen MR) is 84.4 cm³/mol. The van der Waals surface area contributed by atoms with Crippen LogP contribution in [0.2, 0.25) is 0 Å². The third kappa shape index (κ3) is 4.85. The molecule has 1 heterocycles. The lowest BCUT2D eigenvalue weighted by atomic mass is 10.1. The van der Waals surface area contributed by atoms with Crippen molar-refractivity contribution in [2.24, 2.45) is 5.92 Å². The van der Waals surface area contributed by atoms with Crippen LogP contribution in [0.25, 0.3) is 0 Å². The lowest BCUT2D eigenvalue weighted by molar-refractivity contribution is -0.0177. The number of carbonyl (C=O) groups is 1. The number of urea groups is 1. The van der Waals surface area contributed by atoms with Crippen LogP contribution in [-0.4, -0.2) is 67.8 Å².